The Kier molecular flexibility index (Phi) is 4.62. The molecule has 0 aromatic rings. The van der Waals surface area contributed by atoms with Gasteiger partial charge in [0.25, 0.3) is 0 Å². The number of hydrogen-bond donors (Lipinski definition) is 1. The minimum atomic E-state index is 0.462. The first kappa shape index (κ1) is 15.3. The van der Waals surface area contributed by atoms with Gasteiger partial charge in [0.1, 0.15) is 0 Å². The van der Waals surface area contributed by atoms with E-state index in [1.54, 1.807) is 0 Å². The van der Waals surface area contributed by atoms with Crippen LogP contribution in [0.5, 0.6) is 0 Å². The third-order valence-electron chi connectivity index (χ3n) is 6.45. The maximum atomic E-state index is 3.61. The van der Waals surface area contributed by atoms with Crippen LogP contribution in [-0.2, 0) is 0 Å². The molecule has 112 valence electrons. The fraction of sp³-hybridized carbons (Fsp3) is 1.00. The molecule has 1 saturated carbocycles. The summed E-state index contributed by atoms with van der Waals surface area (Å²) >= 11 is 0. The van der Waals surface area contributed by atoms with E-state index in [0.29, 0.717) is 16.9 Å². The van der Waals surface area contributed by atoms with Crippen LogP contribution in [0.15, 0.2) is 0 Å². The summed E-state index contributed by atoms with van der Waals surface area (Å²) in [5, 5.41) is 3.61. The monoisotopic (exact) mass is 266 g/mol. The van der Waals surface area contributed by atoms with Crippen LogP contribution in [0.3, 0.4) is 0 Å². The second-order valence-corrected chi connectivity index (χ2v) is 7.60. The molecule has 1 N–H and O–H groups in total. The quantitative estimate of drug-likeness (QED) is 0.835. The summed E-state index contributed by atoms with van der Waals surface area (Å²) < 4.78 is 0. The summed E-state index contributed by atoms with van der Waals surface area (Å²) in [6.07, 6.45) is 8.29. The molecule has 1 aliphatic heterocycles. The fourth-order valence-electron chi connectivity index (χ4n) is 4.63. The Labute approximate surface area is 120 Å². The lowest BCUT2D eigenvalue weighted by Gasteiger charge is -2.45. The van der Waals surface area contributed by atoms with E-state index < -0.39 is 0 Å². The highest BCUT2D eigenvalue weighted by atomic mass is 15.2. The molecule has 2 rings (SSSR count). The first-order valence-electron chi connectivity index (χ1n) is 8.39. The van der Waals surface area contributed by atoms with Gasteiger partial charge < -0.3 is 5.32 Å². The molecular weight excluding hydrogens is 232 g/mol. The average molecular weight is 266 g/mol. The van der Waals surface area contributed by atoms with Crippen molar-refractivity contribution in [2.75, 3.05) is 20.1 Å². The van der Waals surface area contributed by atoms with Gasteiger partial charge >= 0.3 is 0 Å². The van der Waals surface area contributed by atoms with E-state index in [0.717, 1.165) is 6.04 Å². The zero-order chi connectivity index (χ0) is 14.1. The lowest BCUT2D eigenvalue weighted by Crippen LogP contribution is -2.53. The summed E-state index contributed by atoms with van der Waals surface area (Å²) in [4.78, 5) is 2.79. The van der Waals surface area contributed by atoms with E-state index >= 15 is 0 Å². The molecule has 2 heteroatoms. The van der Waals surface area contributed by atoms with E-state index in [1.165, 1.54) is 51.6 Å². The lowest BCUT2D eigenvalue weighted by atomic mass is 9.73. The van der Waals surface area contributed by atoms with Crippen molar-refractivity contribution in [1.29, 1.82) is 0 Å². The molecular formula is C17H34N2. The van der Waals surface area contributed by atoms with Crippen molar-refractivity contribution >= 4 is 0 Å². The van der Waals surface area contributed by atoms with Crippen LogP contribution in [-0.4, -0.2) is 37.1 Å². The highest BCUT2D eigenvalue weighted by Gasteiger charge is 2.45. The molecule has 1 aliphatic carbocycles. The van der Waals surface area contributed by atoms with Gasteiger partial charge in [0.2, 0.25) is 0 Å². The van der Waals surface area contributed by atoms with E-state index in [4.69, 9.17) is 0 Å². The van der Waals surface area contributed by atoms with E-state index in [-0.39, 0.29) is 0 Å². The van der Waals surface area contributed by atoms with Gasteiger partial charge in [0, 0.05) is 12.1 Å². The smallest absolute Gasteiger partial charge is 0.0271 e. The van der Waals surface area contributed by atoms with Gasteiger partial charge in [0.05, 0.1) is 0 Å². The number of piperidine rings is 1. The molecule has 0 spiro atoms. The molecule has 0 aromatic heterocycles. The fourth-order valence-corrected chi connectivity index (χ4v) is 4.63. The van der Waals surface area contributed by atoms with Crippen LogP contribution in [0.2, 0.25) is 0 Å². The first-order valence-corrected chi connectivity index (χ1v) is 8.39. The molecule has 0 aromatic carbocycles. The van der Waals surface area contributed by atoms with Crippen molar-refractivity contribution in [3.63, 3.8) is 0 Å². The number of nitrogens with one attached hydrogen (secondary N) is 1. The highest BCUT2D eigenvalue weighted by Crippen LogP contribution is 2.43. The van der Waals surface area contributed by atoms with Gasteiger partial charge in [-0.3, -0.25) is 4.90 Å². The highest BCUT2D eigenvalue weighted by molar-refractivity contribution is 5.01. The van der Waals surface area contributed by atoms with Crippen LogP contribution in [0.1, 0.15) is 66.2 Å². The maximum absolute atomic E-state index is 3.61. The third-order valence-corrected chi connectivity index (χ3v) is 6.45. The summed E-state index contributed by atoms with van der Waals surface area (Å²) in [6.45, 7) is 12.3. The largest absolute Gasteiger partial charge is 0.315 e. The van der Waals surface area contributed by atoms with Crippen molar-refractivity contribution in [3.05, 3.63) is 0 Å². The number of likely N-dealkylation sites (N-methyl/N-ethyl adjacent to an activating group) is 1. The topological polar surface area (TPSA) is 15.3 Å². The third kappa shape index (κ3) is 2.85. The number of likely N-dealkylation sites (tertiary alicyclic amines) is 1. The summed E-state index contributed by atoms with van der Waals surface area (Å²) in [7, 11) is 2.15. The van der Waals surface area contributed by atoms with Crippen LogP contribution >= 0.6 is 0 Å². The number of hydrogen-bond acceptors (Lipinski definition) is 2. The van der Waals surface area contributed by atoms with Gasteiger partial charge in [-0.15, -0.1) is 0 Å². The van der Waals surface area contributed by atoms with Gasteiger partial charge in [-0.05, 0) is 56.7 Å². The standard InChI is InChI=1S/C17H34N2/c1-6-17(7-2)10-12-19(13-11-17)14-8-9-16(3,4)15(14)18-5/h14-15,18H,6-13H2,1-5H3. The molecule has 2 fully saturated rings. The molecule has 2 unspecified atom stereocenters. The summed E-state index contributed by atoms with van der Waals surface area (Å²) in [5.74, 6) is 0. The molecule has 2 atom stereocenters. The second kappa shape index (κ2) is 5.73. The Balaban J connectivity index is 1.98. The number of rotatable bonds is 4. The lowest BCUT2D eigenvalue weighted by molar-refractivity contribution is 0.0530. The van der Waals surface area contributed by atoms with E-state index in [1.807, 2.05) is 0 Å². The Morgan fingerprint density at radius 3 is 2.11 bits per heavy atom. The van der Waals surface area contributed by atoms with E-state index in [9.17, 15) is 0 Å². The molecule has 2 nitrogen and oxygen atoms in total. The van der Waals surface area contributed by atoms with E-state index in [2.05, 4.69) is 45.0 Å². The van der Waals surface area contributed by atoms with Crippen LogP contribution in [0.25, 0.3) is 0 Å². The normalized spacial score (nSPS) is 34.6. The number of nitrogens with zero attached hydrogens (tertiary/aromatic N) is 1. The second-order valence-electron chi connectivity index (χ2n) is 7.60. The van der Waals surface area contributed by atoms with Crippen molar-refractivity contribution in [3.8, 4) is 0 Å². The van der Waals surface area contributed by atoms with Gasteiger partial charge in [0.15, 0.2) is 0 Å². The van der Waals surface area contributed by atoms with Crippen LogP contribution < -0.4 is 5.32 Å². The Hall–Kier alpha value is -0.0800. The van der Waals surface area contributed by atoms with Crippen LogP contribution in [0.4, 0.5) is 0 Å². The predicted molar refractivity (Wildman–Crippen MR) is 83.5 cm³/mol. The van der Waals surface area contributed by atoms with Crippen molar-refractivity contribution in [2.45, 2.75) is 78.3 Å². The van der Waals surface area contributed by atoms with Gasteiger partial charge in [-0.25, -0.2) is 0 Å². The molecule has 1 saturated heterocycles. The summed E-state index contributed by atoms with van der Waals surface area (Å²) in [5.41, 5.74) is 1.11. The van der Waals surface area contributed by atoms with Crippen molar-refractivity contribution in [2.24, 2.45) is 10.8 Å². The average Bonchev–Trinajstić information content (AvgIpc) is 2.73. The molecule has 19 heavy (non-hydrogen) atoms. The Morgan fingerprint density at radius 2 is 1.63 bits per heavy atom. The molecule has 0 amide bonds. The molecule has 0 bridgehead atoms. The predicted octanol–water partition coefficient (Wildman–Crippen LogP) is 3.67. The zero-order valence-corrected chi connectivity index (χ0v) is 13.8. The summed E-state index contributed by atoms with van der Waals surface area (Å²) in [6, 6.07) is 1.44. The minimum absolute atomic E-state index is 0.462. The van der Waals surface area contributed by atoms with Gasteiger partial charge in [-0.1, -0.05) is 40.5 Å². The maximum Gasteiger partial charge on any atom is 0.0271 e. The SMILES string of the molecule is CCC1(CC)CCN(C2CCC(C)(C)C2NC)CC1. The Bertz CT molecular complexity index is 284. The first-order chi connectivity index (χ1) is 8.98. The zero-order valence-electron chi connectivity index (χ0n) is 13.8. The minimum Gasteiger partial charge on any atom is -0.315 e. The Morgan fingerprint density at radius 1 is 1.05 bits per heavy atom. The van der Waals surface area contributed by atoms with Gasteiger partial charge in [-0.2, -0.15) is 0 Å². The molecule has 1 heterocycles. The van der Waals surface area contributed by atoms with Crippen molar-refractivity contribution < 1.29 is 0 Å². The van der Waals surface area contributed by atoms with Crippen molar-refractivity contribution in [1.82, 2.24) is 10.2 Å². The van der Waals surface area contributed by atoms with Crippen LogP contribution in [0, 0.1) is 10.8 Å². The molecule has 2 aliphatic rings. The molecule has 0 radical (unpaired) electrons.